The van der Waals surface area contributed by atoms with E-state index in [2.05, 4.69) is 15.9 Å². The van der Waals surface area contributed by atoms with Gasteiger partial charge in [0.15, 0.2) is 11.6 Å². The number of ether oxygens (including phenoxy) is 1. The molecule has 0 aromatic heterocycles. The first-order valence-corrected chi connectivity index (χ1v) is 4.85. The third-order valence-electron chi connectivity index (χ3n) is 2.11. The summed E-state index contributed by atoms with van der Waals surface area (Å²) in [5.41, 5.74) is 6.56. The van der Waals surface area contributed by atoms with Crippen molar-refractivity contribution in [3.05, 3.63) is 28.0 Å². The van der Waals surface area contributed by atoms with Crippen LogP contribution in [0, 0.1) is 5.82 Å². The molecule has 0 amide bonds. The Kier molecular flexibility index (Phi) is 3.75. The van der Waals surface area contributed by atoms with E-state index >= 15 is 0 Å². The summed E-state index contributed by atoms with van der Waals surface area (Å²) in [7, 11) is 0. The molecule has 0 radical (unpaired) electrons. The molecule has 78 valence electrons. The lowest BCUT2D eigenvalue weighted by Gasteiger charge is -2.23. The van der Waals surface area contributed by atoms with Crippen molar-refractivity contribution in [3.8, 4) is 5.75 Å². The summed E-state index contributed by atoms with van der Waals surface area (Å²) in [4.78, 5) is 0. The molecule has 0 fully saturated rings. The Morgan fingerprint density at radius 1 is 1.50 bits per heavy atom. The Morgan fingerprint density at radius 2 is 2.21 bits per heavy atom. The van der Waals surface area contributed by atoms with Gasteiger partial charge in [-0.25, -0.2) is 4.39 Å². The lowest BCUT2D eigenvalue weighted by Crippen LogP contribution is -2.21. The summed E-state index contributed by atoms with van der Waals surface area (Å²) in [6.45, 7) is 0.493. The minimum Gasteiger partial charge on any atom is -0.490 e. The Balaban J connectivity index is 0.000000980. The highest BCUT2D eigenvalue weighted by molar-refractivity contribution is 9.10. The predicted octanol–water partition coefficient (Wildman–Crippen LogP) is 2.79. The van der Waals surface area contributed by atoms with Crippen molar-refractivity contribution < 1.29 is 9.13 Å². The lowest BCUT2D eigenvalue weighted by atomic mass is 10.0. The van der Waals surface area contributed by atoms with Crippen molar-refractivity contribution in [2.75, 3.05) is 6.61 Å². The molecule has 1 aromatic rings. The molecule has 0 saturated carbocycles. The molecular weight excluding hydrogens is 272 g/mol. The Morgan fingerprint density at radius 3 is 2.93 bits per heavy atom. The minimum atomic E-state index is -0.348. The summed E-state index contributed by atoms with van der Waals surface area (Å²) >= 11 is 3.22. The van der Waals surface area contributed by atoms with Crippen LogP contribution >= 0.6 is 28.3 Å². The molecule has 1 aromatic carbocycles. The average molecular weight is 283 g/mol. The van der Waals surface area contributed by atoms with Gasteiger partial charge in [-0.3, -0.25) is 0 Å². The number of nitrogens with two attached hydrogens (primary N) is 1. The summed E-state index contributed by atoms with van der Waals surface area (Å²) in [6, 6.07) is 3.08. The molecule has 1 heterocycles. The Bertz CT molecular complexity index is 348. The van der Waals surface area contributed by atoms with Crippen LogP contribution < -0.4 is 10.5 Å². The van der Waals surface area contributed by atoms with E-state index < -0.39 is 0 Å². The van der Waals surface area contributed by atoms with Crippen LogP contribution in [-0.4, -0.2) is 6.61 Å². The second kappa shape index (κ2) is 4.47. The normalized spacial score (nSPS) is 19.2. The molecule has 1 atom stereocenters. The number of hydrogen-bond donors (Lipinski definition) is 1. The zero-order chi connectivity index (χ0) is 9.42. The van der Waals surface area contributed by atoms with Crippen LogP contribution in [0.1, 0.15) is 18.0 Å². The first kappa shape index (κ1) is 11.8. The van der Waals surface area contributed by atoms with Crippen LogP contribution in [0.15, 0.2) is 16.6 Å². The highest BCUT2D eigenvalue weighted by atomic mass is 79.9. The summed E-state index contributed by atoms with van der Waals surface area (Å²) < 4.78 is 19.2. The highest BCUT2D eigenvalue weighted by Gasteiger charge is 2.21. The van der Waals surface area contributed by atoms with Gasteiger partial charge in [-0.1, -0.05) is 15.9 Å². The molecule has 2 rings (SSSR count). The van der Waals surface area contributed by atoms with Crippen molar-refractivity contribution in [2.45, 2.75) is 12.5 Å². The maximum atomic E-state index is 13.3. The van der Waals surface area contributed by atoms with Crippen LogP contribution in [0.3, 0.4) is 0 Å². The molecule has 0 unspecified atom stereocenters. The van der Waals surface area contributed by atoms with Gasteiger partial charge in [0.05, 0.1) is 6.61 Å². The van der Waals surface area contributed by atoms with Crippen LogP contribution in [0.5, 0.6) is 5.75 Å². The van der Waals surface area contributed by atoms with Gasteiger partial charge in [0.1, 0.15) is 0 Å². The summed E-state index contributed by atoms with van der Waals surface area (Å²) in [5.74, 6) is -0.0403. The quantitative estimate of drug-likeness (QED) is 0.794. The lowest BCUT2D eigenvalue weighted by molar-refractivity contribution is 0.255. The van der Waals surface area contributed by atoms with E-state index in [9.17, 15) is 4.39 Å². The van der Waals surface area contributed by atoms with E-state index in [0.717, 1.165) is 12.0 Å². The van der Waals surface area contributed by atoms with Crippen molar-refractivity contribution >= 4 is 28.3 Å². The zero-order valence-corrected chi connectivity index (χ0v) is 9.70. The van der Waals surface area contributed by atoms with Crippen molar-refractivity contribution in [1.29, 1.82) is 0 Å². The molecule has 1 aliphatic rings. The second-order valence-corrected chi connectivity index (χ2v) is 3.97. The van der Waals surface area contributed by atoms with E-state index in [1.807, 2.05) is 6.07 Å². The predicted molar refractivity (Wildman–Crippen MR) is 58.4 cm³/mol. The first-order valence-electron chi connectivity index (χ1n) is 4.06. The van der Waals surface area contributed by atoms with E-state index in [4.69, 9.17) is 10.5 Å². The fraction of sp³-hybridized carbons (Fsp3) is 0.333. The molecule has 14 heavy (non-hydrogen) atoms. The van der Waals surface area contributed by atoms with Gasteiger partial charge < -0.3 is 10.5 Å². The molecule has 2 nitrogen and oxygen atoms in total. The number of hydrogen-bond acceptors (Lipinski definition) is 2. The van der Waals surface area contributed by atoms with Crippen molar-refractivity contribution in [2.24, 2.45) is 5.73 Å². The van der Waals surface area contributed by atoms with Crippen LogP contribution in [0.4, 0.5) is 4.39 Å². The van der Waals surface area contributed by atoms with Gasteiger partial charge in [0.25, 0.3) is 0 Å². The molecular formula is C9H10BrClFNO. The molecule has 0 saturated heterocycles. The minimum absolute atomic E-state index is 0. The fourth-order valence-corrected chi connectivity index (χ4v) is 1.90. The average Bonchev–Trinajstić information content (AvgIpc) is 2.07. The monoisotopic (exact) mass is 281 g/mol. The van der Waals surface area contributed by atoms with Gasteiger partial charge in [-0.15, -0.1) is 12.4 Å². The van der Waals surface area contributed by atoms with Crippen LogP contribution in [0.2, 0.25) is 0 Å². The van der Waals surface area contributed by atoms with Crippen LogP contribution in [0.25, 0.3) is 0 Å². The Hall–Kier alpha value is -0.320. The summed E-state index contributed by atoms with van der Waals surface area (Å²) in [6.07, 6.45) is 0.739. The van der Waals surface area contributed by atoms with Crippen LogP contribution in [-0.2, 0) is 0 Å². The van der Waals surface area contributed by atoms with E-state index in [1.54, 1.807) is 0 Å². The third kappa shape index (κ3) is 2.02. The van der Waals surface area contributed by atoms with E-state index in [-0.39, 0.29) is 24.3 Å². The largest absolute Gasteiger partial charge is 0.490 e. The molecule has 0 aliphatic carbocycles. The van der Waals surface area contributed by atoms with Gasteiger partial charge >= 0.3 is 0 Å². The van der Waals surface area contributed by atoms with E-state index in [0.29, 0.717) is 16.8 Å². The maximum absolute atomic E-state index is 13.3. The van der Waals surface area contributed by atoms with Gasteiger partial charge in [0, 0.05) is 22.5 Å². The number of rotatable bonds is 0. The smallest absolute Gasteiger partial charge is 0.166 e. The van der Waals surface area contributed by atoms with Gasteiger partial charge in [-0.05, 0) is 12.1 Å². The Labute approximate surface area is 96.2 Å². The second-order valence-electron chi connectivity index (χ2n) is 3.05. The summed E-state index contributed by atoms with van der Waals surface area (Å²) in [5, 5.41) is 0. The highest BCUT2D eigenvalue weighted by Crippen LogP contribution is 2.35. The standard InChI is InChI=1S/C9H9BrFNO.ClH/c10-5-3-6-8(12)1-2-13-9(6)7(11)4-5;/h3-4,8H,1-2,12H2;1H/t8-;/m1./s1. The third-order valence-corrected chi connectivity index (χ3v) is 2.57. The zero-order valence-electron chi connectivity index (χ0n) is 7.30. The van der Waals surface area contributed by atoms with Gasteiger partial charge in [0.2, 0.25) is 0 Å². The van der Waals surface area contributed by atoms with E-state index in [1.165, 1.54) is 6.07 Å². The molecule has 0 bridgehead atoms. The van der Waals surface area contributed by atoms with Crippen molar-refractivity contribution in [1.82, 2.24) is 0 Å². The van der Waals surface area contributed by atoms with Crippen molar-refractivity contribution in [3.63, 3.8) is 0 Å². The topological polar surface area (TPSA) is 35.2 Å². The molecule has 1 aliphatic heterocycles. The van der Waals surface area contributed by atoms with Gasteiger partial charge in [-0.2, -0.15) is 0 Å². The number of fused-ring (bicyclic) bond motifs is 1. The number of benzene rings is 1. The molecule has 2 N–H and O–H groups in total. The molecule has 5 heteroatoms. The molecule has 0 spiro atoms. The first-order chi connectivity index (χ1) is 6.18. The SMILES string of the molecule is Cl.N[C@@H]1CCOc2c(F)cc(Br)cc21. The fourth-order valence-electron chi connectivity index (χ4n) is 1.45. The number of halogens is 3. The maximum Gasteiger partial charge on any atom is 0.166 e.